The summed E-state index contributed by atoms with van der Waals surface area (Å²) in [6.45, 7) is 2.72. The average Bonchev–Trinajstić information content (AvgIpc) is 2.09. The van der Waals surface area contributed by atoms with Crippen LogP contribution in [0.25, 0.3) is 0 Å². The zero-order valence-corrected chi connectivity index (χ0v) is 6.97. The first kappa shape index (κ1) is 8.31. The lowest BCUT2D eigenvalue weighted by Gasteiger charge is -2.20. The van der Waals surface area contributed by atoms with E-state index in [1.54, 1.807) is 4.90 Å². The molecule has 0 saturated carbocycles. The van der Waals surface area contributed by atoms with Crippen LogP contribution in [0.15, 0.2) is 11.8 Å². The van der Waals surface area contributed by atoms with Gasteiger partial charge in [-0.05, 0) is 32.6 Å². The van der Waals surface area contributed by atoms with Crippen molar-refractivity contribution in [2.75, 3.05) is 6.54 Å². The summed E-state index contributed by atoms with van der Waals surface area (Å²) in [6.07, 6.45) is 8.73. The van der Waals surface area contributed by atoms with Gasteiger partial charge in [0.1, 0.15) is 0 Å². The molecule has 1 rings (SSSR count). The van der Waals surface area contributed by atoms with E-state index < -0.39 is 0 Å². The van der Waals surface area contributed by atoms with E-state index in [-0.39, 0.29) is 0 Å². The van der Waals surface area contributed by atoms with Crippen molar-refractivity contribution in [1.29, 1.82) is 0 Å². The molecule has 61 valence electrons. The predicted octanol–water partition coefficient (Wildman–Crippen LogP) is 1.83. The van der Waals surface area contributed by atoms with Gasteiger partial charge in [-0.15, -0.1) is 0 Å². The van der Waals surface area contributed by atoms with Crippen molar-refractivity contribution in [1.82, 2.24) is 4.90 Å². The average molecular weight is 152 g/mol. The fraction of sp³-hybridized carbons (Fsp3) is 0.667. The number of nitrogens with zero attached hydrogens (tertiary/aromatic N) is 1. The van der Waals surface area contributed by atoms with Gasteiger partial charge in [-0.3, -0.25) is 4.79 Å². The number of amides is 1. The molecule has 1 aliphatic rings. The summed E-state index contributed by atoms with van der Waals surface area (Å²) in [5.41, 5.74) is 1.16. The van der Waals surface area contributed by atoms with Gasteiger partial charge in [0.05, 0.1) is 0 Å². The van der Waals surface area contributed by atoms with Crippen molar-refractivity contribution in [2.24, 2.45) is 0 Å². The highest BCUT2D eigenvalue weighted by atomic mass is 16.1. The largest absolute Gasteiger partial charge is 0.316 e. The van der Waals surface area contributed by atoms with Gasteiger partial charge in [-0.1, -0.05) is 6.08 Å². The molecule has 0 spiro atoms. The van der Waals surface area contributed by atoms with E-state index >= 15 is 0 Å². The van der Waals surface area contributed by atoms with Gasteiger partial charge < -0.3 is 4.90 Å². The Morgan fingerprint density at radius 3 is 2.91 bits per heavy atom. The second-order valence-corrected chi connectivity index (χ2v) is 2.78. The van der Waals surface area contributed by atoms with E-state index in [1.165, 1.54) is 12.8 Å². The van der Waals surface area contributed by atoms with Gasteiger partial charge in [0.2, 0.25) is 0 Å². The maximum Gasteiger partial charge on any atom is 0.316 e. The van der Waals surface area contributed by atoms with E-state index in [0.29, 0.717) is 0 Å². The van der Waals surface area contributed by atoms with Crippen LogP contribution in [-0.2, 0) is 4.79 Å². The lowest BCUT2D eigenvalue weighted by Crippen LogP contribution is -2.21. The molecule has 0 aliphatic heterocycles. The van der Waals surface area contributed by atoms with Crippen molar-refractivity contribution in [3.05, 3.63) is 11.8 Å². The van der Waals surface area contributed by atoms with Crippen LogP contribution < -0.4 is 0 Å². The Hall–Kier alpha value is -0.790. The van der Waals surface area contributed by atoms with E-state index in [1.807, 2.05) is 13.3 Å². The highest BCUT2D eigenvalue weighted by Crippen LogP contribution is 2.19. The van der Waals surface area contributed by atoms with Gasteiger partial charge in [0, 0.05) is 12.2 Å². The molecule has 0 aromatic rings. The van der Waals surface area contributed by atoms with E-state index in [9.17, 15) is 4.79 Å². The van der Waals surface area contributed by atoms with Gasteiger partial charge in [0.25, 0.3) is 0 Å². The van der Waals surface area contributed by atoms with Crippen LogP contribution in [0.5, 0.6) is 0 Å². The van der Waals surface area contributed by atoms with Gasteiger partial charge in [-0.2, -0.15) is 0 Å². The molecular formula is C9H14NO. The van der Waals surface area contributed by atoms with E-state index in [2.05, 4.69) is 6.08 Å². The fourth-order valence-electron chi connectivity index (χ4n) is 1.39. The lowest BCUT2D eigenvalue weighted by molar-refractivity contribution is 0.430. The zero-order valence-electron chi connectivity index (χ0n) is 6.97. The van der Waals surface area contributed by atoms with Crippen LogP contribution in [0.1, 0.15) is 32.6 Å². The molecule has 0 aromatic heterocycles. The molecule has 0 fully saturated rings. The summed E-state index contributed by atoms with van der Waals surface area (Å²) in [6, 6.07) is 0. The molecule has 2 heteroatoms. The summed E-state index contributed by atoms with van der Waals surface area (Å²) >= 11 is 0. The van der Waals surface area contributed by atoms with Crippen molar-refractivity contribution >= 4 is 6.41 Å². The van der Waals surface area contributed by atoms with Gasteiger partial charge >= 0.3 is 6.41 Å². The number of carbonyl (C=O) groups excluding carboxylic acids is 1. The molecule has 0 saturated heterocycles. The molecule has 0 N–H and O–H groups in total. The second-order valence-electron chi connectivity index (χ2n) is 2.78. The van der Waals surface area contributed by atoms with E-state index in [0.717, 1.165) is 25.1 Å². The Labute approximate surface area is 67.9 Å². The van der Waals surface area contributed by atoms with Crippen molar-refractivity contribution in [3.8, 4) is 0 Å². The molecule has 1 radical (unpaired) electrons. The second kappa shape index (κ2) is 4.16. The van der Waals surface area contributed by atoms with Crippen molar-refractivity contribution in [3.63, 3.8) is 0 Å². The molecule has 11 heavy (non-hydrogen) atoms. The van der Waals surface area contributed by atoms with Gasteiger partial charge in [0.15, 0.2) is 0 Å². The summed E-state index contributed by atoms with van der Waals surface area (Å²) < 4.78 is 0. The molecule has 2 nitrogen and oxygen atoms in total. The highest BCUT2D eigenvalue weighted by Gasteiger charge is 2.09. The maximum atomic E-state index is 10.4. The van der Waals surface area contributed by atoms with Crippen LogP contribution in [-0.4, -0.2) is 17.9 Å². The normalized spacial score (nSPS) is 17.4. The number of allylic oxidation sites excluding steroid dienone is 2. The first-order valence-corrected chi connectivity index (χ1v) is 4.23. The molecule has 1 amide bonds. The molecule has 0 aromatic carbocycles. The highest BCUT2D eigenvalue weighted by molar-refractivity contribution is 5.51. The quantitative estimate of drug-likeness (QED) is 0.565. The Morgan fingerprint density at radius 1 is 1.64 bits per heavy atom. The molecule has 0 atom stereocenters. The van der Waals surface area contributed by atoms with E-state index in [4.69, 9.17) is 0 Å². The Bertz CT molecular complexity index is 163. The predicted molar refractivity (Wildman–Crippen MR) is 44.6 cm³/mol. The first-order valence-electron chi connectivity index (χ1n) is 4.23. The summed E-state index contributed by atoms with van der Waals surface area (Å²) in [7, 11) is 0. The van der Waals surface area contributed by atoms with Gasteiger partial charge in [-0.25, -0.2) is 0 Å². The Morgan fingerprint density at radius 2 is 2.45 bits per heavy atom. The number of hydrogen-bond acceptors (Lipinski definition) is 1. The summed E-state index contributed by atoms with van der Waals surface area (Å²) in [5.74, 6) is 0. The molecule has 1 aliphatic carbocycles. The smallest absolute Gasteiger partial charge is 0.309 e. The Balaban J connectivity index is 2.55. The third kappa shape index (κ3) is 2.07. The zero-order chi connectivity index (χ0) is 8.10. The number of rotatable bonds is 3. The summed E-state index contributed by atoms with van der Waals surface area (Å²) in [4.78, 5) is 12.1. The SMILES string of the molecule is CCN([C]=O)C1=CCCCC1. The Kier molecular flexibility index (Phi) is 3.14. The number of hydrogen-bond donors (Lipinski definition) is 0. The minimum absolute atomic E-state index is 0.745. The minimum Gasteiger partial charge on any atom is -0.309 e. The van der Waals surface area contributed by atoms with Crippen molar-refractivity contribution in [2.45, 2.75) is 32.6 Å². The first-order chi connectivity index (χ1) is 5.38. The molecule has 0 unspecified atom stereocenters. The molecular weight excluding hydrogens is 138 g/mol. The van der Waals surface area contributed by atoms with Crippen molar-refractivity contribution < 1.29 is 4.79 Å². The van der Waals surface area contributed by atoms with Crippen LogP contribution >= 0.6 is 0 Å². The standard InChI is InChI=1S/C9H14NO/c1-2-10(8-11)9-6-4-3-5-7-9/h6H,2-5,7H2,1H3. The topological polar surface area (TPSA) is 20.3 Å². The monoisotopic (exact) mass is 152 g/mol. The van der Waals surface area contributed by atoms with Crippen LogP contribution in [0, 0.1) is 0 Å². The maximum absolute atomic E-state index is 10.4. The fourth-order valence-corrected chi connectivity index (χ4v) is 1.39. The molecule has 0 bridgehead atoms. The van der Waals surface area contributed by atoms with Crippen LogP contribution in [0.3, 0.4) is 0 Å². The minimum atomic E-state index is 0.745. The summed E-state index contributed by atoms with van der Waals surface area (Å²) in [5, 5.41) is 0. The van der Waals surface area contributed by atoms with Crippen LogP contribution in [0.2, 0.25) is 0 Å². The molecule has 0 heterocycles. The third-order valence-electron chi connectivity index (χ3n) is 2.04. The third-order valence-corrected chi connectivity index (χ3v) is 2.04. The lowest BCUT2D eigenvalue weighted by atomic mass is 10.0. The van der Waals surface area contributed by atoms with Crippen LogP contribution in [0.4, 0.5) is 0 Å².